The van der Waals surface area contributed by atoms with Gasteiger partial charge in [0, 0.05) is 32.6 Å². The highest BCUT2D eigenvalue weighted by molar-refractivity contribution is 14.0. The predicted octanol–water partition coefficient (Wildman–Crippen LogP) is 3.90. The Hall–Kier alpha value is -0.980. The van der Waals surface area contributed by atoms with E-state index in [-0.39, 0.29) is 29.4 Å². The molecule has 4 nitrogen and oxygen atoms in total. The summed E-state index contributed by atoms with van der Waals surface area (Å²) in [6.45, 7) is 8.51. The third-order valence-electron chi connectivity index (χ3n) is 3.96. The predicted molar refractivity (Wildman–Crippen MR) is 110 cm³/mol. The van der Waals surface area contributed by atoms with Crippen molar-refractivity contribution < 1.29 is 4.74 Å². The zero-order valence-electron chi connectivity index (χ0n) is 15.3. The van der Waals surface area contributed by atoms with Crippen molar-refractivity contribution in [2.75, 3.05) is 34.3 Å². The molecule has 0 aromatic heterocycles. The van der Waals surface area contributed by atoms with E-state index in [2.05, 4.69) is 55.2 Å². The average Bonchev–Trinajstić information content (AvgIpc) is 2.53. The molecular formula is C18H32IN3O. The lowest BCUT2D eigenvalue weighted by molar-refractivity contribution is 0.410. The molecule has 0 fully saturated rings. The Morgan fingerprint density at radius 2 is 2.04 bits per heavy atom. The molecule has 0 radical (unpaired) electrons. The molecule has 0 aliphatic carbocycles. The number of benzene rings is 1. The second kappa shape index (κ2) is 10.7. The number of nitrogens with zero attached hydrogens (tertiary/aromatic N) is 2. The van der Waals surface area contributed by atoms with Crippen molar-refractivity contribution in [3.63, 3.8) is 0 Å². The van der Waals surface area contributed by atoms with Gasteiger partial charge in [-0.05, 0) is 24.1 Å². The van der Waals surface area contributed by atoms with Crippen LogP contribution in [-0.4, -0.2) is 45.2 Å². The maximum atomic E-state index is 5.33. The van der Waals surface area contributed by atoms with E-state index in [1.165, 1.54) is 18.4 Å². The van der Waals surface area contributed by atoms with Gasteiger partial charge in [0.15, 0.2) is 5.96 Å². The van der Waals surface area contributed by atoms with Gasteiger partial charge in [0.25, 0.3) is 0 Å². The summed E-state index contributed by atoms with van der Waals surface area (Å²) in [5.74, 6) is 1.85. The van der Waals surface area contributed by atoms with Gasteiger partial charge in [0.2, 0.25) is 0 Å². The number of halogens is 1. The van der Waals surface area contributed by atoms with Crippen LogP contribution in [0.4, 0.5) is 0 Å². The molecule has 0 heterocycles. The fourth-order valence-electron chi connectivity index (χ4n) is 2.33. The molecule has 1 aromatic rings. The molecule has 0 unspecified atom stereocenters. The zero-order valence-corrected chi connectivity index (χ0v) is 17.7. The van der Waals surface area contributed by atoms with Crippen LogP contribution in [0.2, 0.25) is 0 Å². The van der Waals surface area contributed by atoms with E-state index in [9.17, 15) is 0 Å². The number of guanidine groups is 1. The Kier molecular flexibility index (Phi) is 10.3. The van der Waals surface area contributed by atoms with E-state index in [4.69, 9.17) is 4.74 Å². The molecule has 132 valence electrons. The summed E-state index contributed by atoms with van der Waals surface area (Å²) >= 11 is 0. The summed E-state index contributed by atoms with van der Waals surface area (Å²) in [5.41, 5.74) is 1.25. The summed E-state index contributed by atoms with van der Waals surface area (Å²) in [6.07, 6.45) is 2.37. The molecule has 5 heteroatoms. The largest absolute Gasteiger partial charge is 0.497 e. The Balaban J connectivity index is 0.00000484. The van der Waals surface area contributed by atoms with Crippen LogP contribution < -0.4 is 10.1 Å². The lowest BCUT2D eigenvalue weighted by Gasteiger charge is -2.29. The SMILES string of the molecule is CCCCN(C)C(=NC)NCC(C)(C)c1cccc(OC)c1.I. The van der Waals surface area contributed by atoms with E-state index in [0.29, 0.717) is 0 Å². The van der Waals surface area contributed by atoms with Gasteiger partial charge in [-0.3, -0.25) is 4.99 Å². The van der Waals surface area contributed by atoms with E-state index < -0.39 is 0 Å². The second-order valence-corrected chi connectivity index (χ2v) is 6.29. The molecule has 1 N–H and O–H groups in total. The molecule has 0 aliphatic heterocycles. The number of aliphatic imine (C=N–C) groups is 1. The minimum atomic E-state index is -0.00389. The minimum absolute atomic E-state index is 0. The molecule has 23 heavy (non-hydrogen) atoms. The minimum Gasteiger partial charge on any atom is -0.497 e. The van der Waals surface area contributed by atoms with Crippen molar-refractivity contribution in [3.05, 3.63) is 29.8 Å². The standard InChI is InChI=1S/C18H31N3O.HI/c1-7-8-12-21(5)17(19-4)20-14-18(2,3)15-10-9-11-16(13-15)22-6;/h9-11,13H,7-8,12,14H2,1-6H3,(H,19,20);1H. The van der Waals surface area contributed by atoms with Gasteiger partial charge in [-0.1, -0.05) is 39.3 Å². The van der Waals surface area contributed by atoms with Crippen LogP contribution in [0, 0.1) is 0 Å². The van der Waals surface area contributed by atoms with Gasteiger partial charge in [0.05, 0.1) is 7.11 Å². The van der Waals surface area contributed by atoms with Gasteiger partial charge in [-0.15, -0.1) is 24.0 Å². The lowest BCUT2D eigenvalue weighted by Crippen LogP contribution is -2.44. The van der Waals surface area contributed by atoms with Crippen molar-refractivity contribution >= 4 is 29.9 Å². The van der Waals surface area contributed by atoms with E-state index in [0.717, 1.165) is 24.8 Å². The molecule has 0 spiro atoms. The number of ether oxygens (including phenoxy) is 1. The van der Waals surface area contributed by atoms with Crippen molar-refractivity contribution in [3.8, 4) is 5.75 Å². The summed E-state index contributed by atoms with van der Waals surface area (Å²) < 4.78 is 5.33. The third kappa shape index (κ3) is 6.97. The molecule has 0 bridgehead atoms. The fraction of sp³-hybridized carbons (Fsp3) is 0.611. The van der Waals surface area contributed by atoms with Crippen molar-refractivity contribution in [2.45, 2.75) is 39.0 Å². The van der Waals surface area contributed by atoms with Crippen LogP contribution in [0.25, 0.3) is 0 Å². The number of hydrogen-bond acceptors (Lipinski definition) is 2. The van der Waals surface area contributed by atoms with Crippen LogP contribution in [0.3, 0.4) is 0 Å². The first-order valence-corrected chi connectivity index (χ1v) is 8.01. The van der Waals surface area contributed by atoms with Gasteiger partial charge in [-0.25, -0.2) is 0 Å². The summed E-state index contributed by atoms with van der Waals surface area (Å²) in [6, 6.07) is 8.27. The molecular weight excluding hydrogens is 401 g/mol. The highest BCUT2D eigenvalue weighted by Crippen LogP contribution is 2.25. The Labute approximate surface area is 158 Å². The number of methoxy groups -OCH3 is 1. The number of rotatable bonds is 7. The molecule has 1 aromatic carbocycles. The Morgan fingerprint density at radius 1 is 1.35 bits per heavy atom. The highest BCUT2D eigenvalue weighted by Gasteiger charge is 2.22. The van der Waals surface area contributed by atoms with Crippen LogP contribution in [0.15, 0.2) is 29.3 Å². The summed E-state index contributed by atoms with van der Waals surface area (Å²) in [7, 11) is 5.63. The molecule has 0 saturated carbocycles. The van der Waals surface area contributed by atoms with Gasteiger partial charge < -0.3 is 15.0 Å². The van der Waals surface area contributed by atoms with Crippen LogP contribution in [0.1, 0.15) is 39.2 Å². The molecule has 0 amide bonds. The van der Waals surface area contributed by atoms with Gasteiger partial charge in [-0.2, -0.15) is 0 Å². The first-order chi connectivity index (χ1) is 10.4. The molecule has 1 rings (SSSR count). The van der Waals surface area contributed by atoms with E-state index >= 15 is 0 Å². The van der Waals surface area contributed by atoms with Crippen LogP contribution in [-0.2, 0) is 5.41 Å². The normalized spacial score (nSPS) is 11.7. The van der Waals surface area contributed by atoms with Crippen molar-refractivity contribution in [2.24, 2.45) is 4.99 Å². The van der Waals surface area contributed by atoms with E-state index in [1.807, 2.05) is 19.2 Å². The number of unbranched alkanes of at least 4 members (excludes halogenated alkanes) is 1. The zero-order chi connectivity index (χ0) is 16.6. The maximum absolute atomic E-state index is 5.33. The first kappa shape index (κ1) is 22.0. The quantitative estimate of drug-likeness (QED) is 0.403. The summed E-state index contributed by atoms with van der Waals surface area (Å²) in [5, 5.41) is 3.49. The number of hydrogen-bond donors (Lipinski definition) is 1. The first-order valence-electron chi connectivity index (χ1n) is 8.01. The van der Waals surface area contributed by atoms with Gasteiger partial charge >= 0.3 is 0 Å². The third-order valence-corrected chi connectivity index (χ3v) is 3.96. The lowest BCUT2D eigenvalue weighted by atomic mass is 9.84. The summed E-state index contributed by atoms with van der Waals surface area (Å²) in [4.78, 5) is 6.56. The average molecular weight is 433 g/mol. The fourth-order valence-corrected chi connectivity index (χ4v) is 2.33. The molecule has 0 atom stereocenters. The second-order valence-electron chi connectivity index (χ2n) is 6.29. The number of nitrogens with one attached hydrogen (secondary N) is 1. The van der Waals surface area contributed by atoms with Crippen LogP contribution in [0.5, 0.6) is 5.75 Å². The van der Waals surface area contributed by atoms with Crippen molar-refractivity contribution in [1.29, 1.82) is 0 Å². The topological polar surface area (TPSA) is 36.9 Å². The monoisotopic (exact) mass is 433 g/mol. The Morgan fingerprint density at radius 3 is 2.61 bits per heavy atom. The van der Waals surface area contributed by atoms with Crippen molar-refractivity contribution in [1.82, 2.24) is 10.2 Å². The Bertz CT molecular complexity index is 489. The highest BCUT2D eigenvalue weighted by atomic mass is 127. The van der Waals surface area contributed by atoms with Gasteiger partial charge in [0.1, 0.15) is 5.75 Å². The molecule has 0 aliphatic rings. The van der Waals surface area contributed by atoms with E-state index in [1.54, 1.807) is 7.11 Å². The van der Waals surface area contributed by atoms with Crippen LogP contribution >= 0.6 is 24.0 Å². The maximum Gasteiger partial charge on any atom is 0.193 e. The molecule has 0 saturated heterocycles. The smallest absolute Gasteiger partial charge is 0.193 e.